The fraction of sp³-hybridized carbons (Fsp3) is 0.296. The van der Waals surface area contributed by atoms with Gasteiger partial charge < -0.3 is 9.26 Å². The van der Waals surface area contributed by atoms with E-state index in [1.54, 1.807) is 7.11 Å². The van der Waals surface area contributed by atoms with Gasteiger partial charge in [-0.25, -0.2) is 0 Å². The third-order valence-corrected chi connectivity index (χ3v) is 6.21. The molecule has 0 bridgehead atoms. The molecular formula is C27H28N4O3. The topological polar surface area (TPSA) is 84.2 Å². The van der Waals surface area contributed by atoms with E-state index in [0.717, 1.165) is 39.3 Å². The lowest BCUT2D eigenvalue weighted by Crippen LogP contribution is -2.30. The van der Waals surface area contributed by atoms with Gasteiger partial charge in [0.2, 0.25) is 0 Å². The summed E-state index contributed by atoms with van der Waals surface area (Å²) in [6.45, 7) is 8.72. The predicted molar refractivity (Wildman–Crippen MR) is 130 cm³/mol. The number of amides is 1. The van der Waals surface area contributed by atoms with E-state index in [-0.39, 0.29) is 17.4 Å². The van der Waals surface area contributed by atoms with Gasteiger partial charge in [0.05, 0.1) is 18.3 Å². The number of fused-ring (bicyclic) bond motifs is 1. The Labute approximate surface area is 198 Å². The highest BCUT2D eigenvalue weighted by atomic mass is 16.5. The van der Waals surface area contributed by atoms with E-state index in [1.807, 2.05) is 60.4 Å². The number of hydrogen-bond donors (Lipinski definition) is 1. The van der Waals surface area contributed by atoms with Crippen LogP contribution >= 0.6 is 0 Å². The molecule has 2 aromatic carbocycles. The van der Waals surface area contributed by atoms with Crippen molar-refractivity contribution in [1.82, 2.24) is 15.4 Å². The first-order chi connectivity index (χ1) is 16.3. The molecule has 7 heteroatoms. The van der Waals surface area contributed by atoms with Gasteiger partial charge in [-0.1, -0.05) is 50.2 Å². The fourth-order valence-corrected chi connectivity index (χ4v) is 4.65. The van der Waals surface area contributed by atoms with Crippen molar-refractivity contribution in [3.05, 3.63) is 88.4 Å². The molecule has 1 atom stereocenters. The monoisotopic (exact) mass is 456 g/mol. The van der Waals surface area contributed by atoms with Gasteiger partial charge in [0.1, 0.15) is 0 Å². The predicted octanol–water partition coefficient (Wildman–Crippen LogP) is 5.57. The van der Waals surface area contributed by atoms with Crippen molar-refractivity contribution in [2.45, 2.75) is 45.8 Å². The first kappa shape index (κ1) is 22.1. The maximum Gasteiger partial charge on any atom is 0.280 e. The van der Waals surface area contributed by atoms with Gasteiger partial charge in [-0.15, -0.1) is 0 Å². The normalized spacial score (nSPS) is 15.7. The maximum absolute atomic E-state index is 13.7. The average molecular weight is 457 g/mol. The number of anilines is 1. The molecule has 5 rings (SSSR count). The molecule has 1 amide bonds. The second kappa shape index (κ2) is 8.25. The molecule has 0 spiro atoms. The van der Waals surface area contributed by atoms with Crippen LogP contribution in [0.3, 0.4) is 0 Å². The lowest BCUT2D eigenvalue weighted by molar-refractivity contribution is 0.0988. The van der Waals surface area contributed by atoms with Crippen LogP contribution in [0.15, 0.2) is 59.1 Å². The summed E-state index contributed by atoms with van der Waals surface area (Å²) in [5, 5.41) is 11.6. The zero-order valence-corrected chi connectivity index (χ0v) is 20.0. The third-order valence-electron chi connectivity index (χ3n) is 6.21. The van der Waals surface area contributed by atoms with Gasteiger partial charge in [0, 0.05) is 41.1 Å². The number of nitrogens with zero attached hydrogens (tertiary/aromatic N) is 3. The Morgan fingerprint density at radius 3 is 2.50 bits per heavy atom. The highest BCUT2D eigenvalue weighted by Crippen LogP contribution is 2.46. The quantitative estimate of drug-likeness (QED) is 0.425. The van der Waals surface area contributed by atoms with E-state index in [2.05, 4.69) is 42.2 Å². The number of H-pyrrole nitrogens is 1. The number of ether oxygens (including phenoxy) is 1. The van der Waals surface area contributed by atoms with Crippen molar-refractivity contribution in [3.8, 4) is 11.3 Å². The number of aromatic nitrogens is 3. The number of methoxy groups -OCH3 is 1. The fourth-order valence-electron chi connectivity index (χ4n) is 4.65. The summed E-state index contributed by atoms with van der Waals surface area (Å²) in [5.74, 6) is 0.573. The Balaban J connectivity index is 1.66. The van der Waals surface area contributed by atoms with Gasteiger partial charge in [-0.3, -0.25) is 14.8 Å². The van der Waals surface area contributed by atoms with E-state index in [9.17, 15) is 4.79 Å². The minimum atomic E-state index is -0.319. The van der Waals surface area contributed by atoms with Crippen molar-refractivity contribution in [1.29, 1.82) is 0 Å². The third kappa shape index (κ3) is 3.62. The van der Waals surface area contributed by atoms with Gasteiger partial charge in [-0.2, -0.15) is 5.10 Å². The zero-order chi connectivity index (χ0) is 24.0. The second-order valence-corrected chi connectivity index (χ2v) is 9.70. The number of hydrogen-bond acceptors (Lipinski definition) is 5. The number of rotatable bonds is 5. The van der Waals surface area contributed by atoms with Gasteiger partial charge in [0.25, 0.3) is 5.91 Å². The molecule has 1 aliphatic rings. The summed E-state index contributed by atoms with van der Waals surface area (Å²) in [7, 11) is 1.68. The van der Waals surface area contributed by atoms with Crippen LogP contribution in [0.25, 0.3) is 11.3 Å². The Morgan fingerprint density at radius 1 is 1.12 bits per heavy atom. The molecule has 0 saturated carbocycles. The number of nitrogens with one attached hydrogen (secondary N) is 1. The highest BCUT2D eigenvalue weighted by molar-refractivity contribution is 6.10. The van der Waals surface area contributed by atoms with Crippen molar-refractivity contribution in [3.63, 3.8) is 0 Å². The van der Waals surface area contributed by atoms with Crippen molar-refractivity contribution in [2.75, 3.05) is 12.0 Å². The van der Waals surface area contributed by atoms with Crippen LogP contribution in [0.2, 0.25) is 0 Å². The highest BCUT2D eigenvalue weighted by Gasteiger charge is 2.45. The summed E-state index contributed by atoms with van der Waals surface area (Å²) in [4.78, 5) is 15.6. The summed E-state index contributed by atoms with van der Waals surface area (Å²) in [6, 6.07) is 17.5. The summed E-state index contributed by atoms with van der Waals surface area (Å²) >= 11 is 0. The van der Waals surface area contributed by atoms with Crippen LogP contribution in [0.4, 0.5) is 5.69 Å². The number of carbonyl (C=O) groups is 1. The average Bonchev–Trinajstić information content (AvgIpc) is 3.50. The zero-order valence-electron chi connectivity index (χ0n) is 20.0. The van der Waals surface area contributed by atoms with Crippen molar-refractivity contribution < 1.29 is 14.1 Å². The number of aryl methyl sites for hydroxylation is 1. The van der Waals surface area contributed by atoms with Crippen LogP contribution in [-0.4, -0.2) is 28.4 Å². The maximum atomic E-state index is 13.7. The molecule has 2 aromatic heterocycles. The largest absolute Gasteiger partial charge is 0.380 e. The molecular weight excluding hydrogens is 428 g/mol. The molecule has 3 heterocycles. The Kier molecular flexibility index (Phi) is 5.37. The minimum absolute atomic E-state index is 0.123. The van der Waals surface area contributed by atoms with E-state index >= 15 is 0 Å². The van der Waals surface area contributed by atoms with E-state index in [0.29, 0.717) is 18.1 Å². The van der Waals surface area contributed by atoms with E-state index in [1.165, 1.54) is 0 Å². The molecule has 4 aromatic rings. The Morgan fingerprint density at radius 2 is 1.85 bits per heavy atom. The van der Waals surface area contributed by atoms with E-state index in [4.69, 9.17) is 9.26 Å². The summed E-state index contributed by atoms with van der Waals surface area (Å²) < 4.78 is 10.9. The molecule has 1 N–H and O–H groups in total. The lowest BCUT2D eigenvalue weighted by atomic mass is 9.85. The Hall–Kier alpha value is -3.71. The lowest BCUT2D eigenvalue weighted by Gasteiger charge is -2.30. The van der Waals surface area contributed by atoms with Crippen LogP contribution in [0.1, 0.15) is 65.4 Å². The SMILES string of the molecule is COCc1ccccc1C1c2c(n[nH]c2C(C)(C)C)C(=O)N1c1ccc(-c2cc(C)no2)cc1. The number of carbonyl (C=O) groups excluding carboxylic acids is 1. The van der Waals surface area contributed by atoms with E-state index < -0.39 is 0 Å². The van der Waals surface area contributed by atoms with Gasteiger partial charge in [0.15, 0.2) is 11.5 Å². The van der Waals surface area contributed by atoms with Crippen LogP contribution in [0.5, 0.6) is 0 Å². The van der Waals surface area contributed by atoms with Crippen LogP contribution in [-0.2, 0) is 16.8 Å². The molecule has 0 radical (unpaired) electrons. The number of benzene rings is 2. The van der Waals surface area contributed by atoms with Gasteiger partial charge in [-0.05, 0) is 42.3 Å². The molecule has 0 aliphatic carbocycles. The molecule has 0 saturated heterocycles. The van der Waals surface area contributed by atoms with Crippen LogP contribution < -0.4 is 4.90 Å². The summed E-state index contributed by atoms with van der Waals surface area (Å²) in [5.41, 5.74) is 6.73. The smallest absolute Gasteiger partial charge is 0.280 e. The first-order valence-electron chi connectivity index (χ1n) is 11.3. The van der Waals surface area contributed by atoms with Gasteiger partial charge >= 0.3 is 0 Å². The first-order valence-corrected chi connectivity index (χ1v) is 11.3. The number of aromatic amines is 1. The second-order valence-electron chi connectivity index (χ2n) is 9.70. The van der Waals surface area contributed by atoms with Crippen molar-refractivity contribution >= 4 is 11.6 Å². The molecule has 0 fully saturated rings. The molecule has 174 valence electrons. The summed E-state index contributed by atoms with van der Waals surface area (Å²) in [6.07, 6.45) is 0. The van der Waals surface area contributed by atoms with Crippen LogP contribution in [0, 0.1) is 6.92 Å². The molecule has 7 nitrogen and oxygen atoms in total. The Bertz CT molecular complexity index is 1340. The molecule has 1 aliphatic heterocycles. The standard InChI is InChI=1S/C27H28N4O3/c1-16-14-21(34-30-16)17-10-12-19(13-11-17)31-24(20-9-7-6-8-18(20)15-33-5)22-23(26(31)32)28-29-25(22)27(2,3)4/h6-14,24H,15H2,1-5H3,(H,28,29). The minimum Gasteiger partial charge on any atom is -0.380 e. The van der Waals surface area contributed by atoms with Crippen molar-refractivity contribution in [2.24, 2.45) is 0 Å². The molecule has 1 unspecified atom stereocenters. The molecule has 34 heavy (non-hydrogen) atoms.